The predicted octanol–water partition coefficient (Wildman–Crippen LogP) is 0.114. The minimum atomic E-state index is -0.767. The number of hydrogen-bond donors (Lipinski definition) is 1. The van der Waals surface area contributed by atoms with Crippen molar-refractivity contribution in [2.24, 2.45) is 0 Å². The third kappa shape index (κ3) is 5.44. The van der Waals surface area contributed by atoms with Crippen LogP contribution in [0.5, 0.6) is 0 Å². The van der Waals surface area contributed by atoms with Gasteiger partial charge in [0.1, 0.15) is 0 Å². The highest BCUT2D eigenvalue weighted by Crippen LogP contribution is 2.13. The normalized spacial score (nSPS) is 20.9. The van der Waals surface area contributed by atoms with Crippen molar-refractivity contribution >= 4 is 5.97 Å². The first-order valence-electron chi connectivity index (χ1n) is 5.78. The Labute approximate surface area is 97.0 Å². The van der Waals surface area contributed by atoms with Crippen molar-refractivity contribution in [1.82, 2.24) is 9.80 Å². The Bertz CT molecular complexity index is 215. The quantitative estimate of drug-likeness (QED) is 0.673. The van der Waals surface area contributed by atoms with Gasteiger partial charge in [-0.1, -0.05) is 0 Å². The molecule has 0 aromatic carbocycles. The van der Waals surface area contributed by atoms with Crippen molar-refractivity contribution in [1.29, 1.82) is 0 Å². The predicted molar refractivity (Wildman–Crippen MR) is 61.6 cm³/mol. The molecule has 5 nitrogen and oxygen atoms in total. The maximum Gasteiger partial charge on any atom is 0.317 e. The van der Waals surface area contributed by atoms with Crippen LogP contribution in [0.4, 0.5) is 0 Å². The third-order valence-electron chi connectivity index (χ3n) is 2.71. The molecule has 0 aliphatic carbocycles. The van der Waals surface area contributed by atoms with Gasteiger partial charge < -0.3 is 14.7 Å². The molecule has 1 unspecified atom stereocenters. The molecule has 5 heteroatoms. The van der Waals surface area contributed by atoms with Gasteiger partial charge in [-0.3, -0.25) is 9.69 Å². The summed E-state index contributed by atoms with van der Waals surface area (Å²) in [4.78, 5) is 14.7. The molecule has 1 fully saturated rings. The number of aliphatic carboxylic acids is 1. The molecule has 16 heavy (non-hydrogen) atoms. The van der Waals surface area contributed by atoms with Crippen molar-refractivity contribution in [3.8, 4) is 0 Å². The molecule has 0 aromatic rings. The number of nitrogens with zero attached hydrogens (tertiary/aromatic N) is 2. The molecule has 1 aliphatic heterocycles. The van der Waals surface area contributed by atoms with Gasteiger partial charge in [0.25, 0.3) is 0 Å². The Morgan fingerprint density at radius 3 is 2.69 bits per heavy atom. The fourth-order valence-corrected chi connectivity index (χ4v) is 1.84. The van der Waals surface area contributed by atoms with Crippen LogP contribution in [0.3, 0.4) is 0 Å². The first kappa shape index (κ1) is 13.4. The Morgan fingerprint density at radius 2 is 2.19 bits per heavy atom. The van der Waals surface area contributed by atoms with E-state index in [1.807, 2.05) is 19.0 Å². The molecule has 0 aromatic heterocycles. The number of hydrogen-bond acceptors (Lipinski definition) is 4. The van der Waals surface area contributed by atoms with Gasteiger partial charge in [-0.2, -0.15) is 0 Å². The van der Waals surface area contributed by atoms with E-state index >= 15 is 0 Å². The summed E-state index contributed by atoms with van der Waals surface area (Å²) in [6.07, 6.45) is 2.37. The highest BCUT2D eigenvalue weighted by Gasteiger charge is 2.20. The number of carboxylic acid groups (broad SMARTS) is 1. The van der Waals surface area contributed by atoms with Crippen LogP contribution in [0.25, 0.3) is 0 Å². The molecule has 1 rings (SSSR count). The summed E-state index contributed by atoms with van der Waals surface area (Å²) in [5.41, 5.74) is 0. The van der Waals surface area contributed by atoms with Gasteiger partial charge in [-0.05, 0) is 26.9 Å². The van der Waals surface area contributed by atoms with Gasteiger partial charge in [-0.15, -0.1) is 0 Å². The van der Waals surface area contributed by atoms with Crippen molar-refractivity contribution in [2.75, 3.05) is 46.9 Å². The lowest BCUT2D eigenvalue weighted by Gasteiger charge is -2.24. The largest absolute Gasteiger partial charge is 0.480 e. The summed E-state index contributed by atoms with van der Waals surface area (Å²) < 4.78 is 5.52. The van der Waals surface area contributed by atoms with Crippen molar-refractivity contribution in [3.05, 3.63) is 0 Å². The molecular formula is C11H22N2O3. The Kier molecular flexibility index (Phi) is 5.73. The highest BCUT2D eigenvalue weighted by atomic mass is 16.5. The van der Waals surface area contributed by atoms with Gasteiger partial charge in [0.05, 0.1) is 12.6 Å². The second kappa shape index (κ2) is 6.83. The topological polar surface area (TPSA) is 53.0 Å². The third-order valence-corrected chi connectivity index (χ3v) is 2.71. The fourth-order valence-electron chi connectivity index (χ4n) is 1.84. The van der Waals surface area contributed by atoms with Crippen LogP contribution in [0.1, 0.15) is 12.8 Å². The van der Waals surface area contributed by atoms with E-state index in [0.717, 1.165) is 39.1 Å². The highest BCUT2D eigenvalue weighted by molar-refractivity contribution is 5.69. The van der Waals surface area contributed by atoms with Crippen LogP contribution >= 0.6 is 0 Å². The van der Waals surface area contributed by atoms with Gasteiger partial charge in [0.15, 0.2) is 0 Å². The monoisotopic (exact) mass is 230 g/mol. The van der Waals surface area contributed by atoms with E-state index in [9.17, 15) is 4.79 Å². The van der Waals surface area contributed by atoms with Crippen LogP contribution in [-0.4, -0.2) is 73.9 Å². The molecule has 94 valence electrons. The van der Waals surface area contributed by atoms with E-state index in [1.54, 1.807) is 0 Å². The molecule has 0 amide bonds. The molecule has 0 bridgehead atoms. The summed E-state index contributed by atoms with van der Waals surface area (Å²) in [5.74, 6) is -0.767. The zero-order valence-corrected chi connectivity index (χ0v) is 10.2. The smallest absolute Gasteiger partial charge is 0.317 e. The SMILES string of the molecule is CN(C)CCN(CC(=O)O)CC1CCCO1. The van der Waals surface area contributed by atoms with Crippen LogP contribution < -0.4 is 0 Å². The summed E-state index contributed by atoms with van der Waals surface area (Å²) >= 11 is 0. The molecule has 1 N–H and O–H groups in total. The van der Waals surface area contributed by atoms with Crippen molar-refractivity contribution in [3.63, 3.8) is 0 Å². The van der Waals surface area contributed by atoms with Gasteiger partial charge in [-0.25, -0.2) is 0 Å². The van der Waals surface area contributed by atoms with Crippen molar-refractivity contribution < 1.29 is 14.6 Å². The molecule has 1 heterocycles. The Hall–Kier alpha value is -0.650. The van der Waals surface area contributed by atoms with Crippen LogP contribution in [0.15, 0.2) is 0 Å². The second-order valence-corrected chi connectivity index (χ2v) is 4.57. The molecule has 0 radical (unpaired) electrons. The molecule has 1 atom stereocenters. The molecular weight excluding hydrogens is 208 g/mol. The summed E-state index contributed by atoms with van der Waals surface area (Å²) in [6, 6.07) is 0. The van der Waals surface area contributed by atoms with E-state index in [0.29, 0.717) is 0 Å². The van der Waals surface area contributed by atoms with E-state index < -0.39 is 5.97 Å². The molecule has 1 saturated heterocycles. The Morgan fingerprint density at radius 1 is 1.44 bits per heavy atom. The van der Waals surface area contributed by atoms with Crippen molar-refractivity contribution in [2.45, 2.75) is 18.9 Å². The zero-order valence-electron chi connectivity index (χ0n) is 10.2. The number of rotatable bonds is 7. The first-order chi connectivity index (χ1) is 7.58. The maximum absolute atomic E-state index is 10.7. The molecule has 0 saturated carbocycles. The minimum absolute atomic E-state index is 0.105. The van der Waals surface area contributed by atoms with Crippen LogP contribution in [0, 0.1) is 0 Å². The first-order valence-corrected chi connectivity index (χ1v) is 5.78. The lowest BCUT2D eigenvalue weighted by atomic mass is 10.2. The van der Waals surface area contributed by atoms with E-state index in [2.05, 4.69) is 4.90 Å². The maximum atomic E-state index is 10.7. The second-order valence-electron chi connectivity index (χ2n) is 4.57. The average molecular weight is 230 g/mol. The number of likely N-dealkylation sites (N-methyl/N-ethyl adjacent to an activating group) is 1. The summed E-state index contributed by atoms with van der Waals surface area (Å²) in [6.45, 7) is 3.31. The van der Waals surface area contributed by atoms with E-state index in [1.165, 1.54) is 0 Å². The van der Waals surface area contributed by atoms with Gasteiger partial charge in [0.2, 0.25) is 0 Å². The summed E-state index contributed by atoms with van der Waals surface area (Å²) in [7, 11) is 3.98. The standard InChI is InChI=1S/C11H22N2O3/c1-12(2)5-6-13(9-11(14)15)8-10-4-3-7-16-10/h10H,3-9H2,1-2H3,(H,14,15). The summed E-state index contributed by atoms with van der Waals surface area (Å²) in [5, 5.41) is 8.83. The minimum Gasteiger partial charge on any atom is -0.480 e. The average Bonchev–Trinajstić information content (AvgIpc) is 2.66. The molecule has 1 aliphatic rings. The van der Waals surface area contributed by atoms with E-state index in [4.69, 9.17) is 9.84 Å². The number of carboxylic acids is 1. The lowest BCUT2D eigenvalue weighted by molar-refractivity contribution is -0.138. The number of carbonyl (C=O) groups is 1. The van der Waals surface area contributed by atoms with Crippen LogP contribution in [0.2, 0.25) is 0 Å². The van der Waals surface area contributed by atoms with Gasteiger partial charge >= 0.3 is 5.97 Å². The lowest BCUT2D eigenvalue weighted by Crippen LogP contribution is -2.40. The van der Waals surface area contributed by atoms with E-state index in [-0.39, 0.29) is 12.6 Å². The van der Waals surface area contributed by atoms with Crippen LogP contribution in [-0.2, 0) is 9.53 Å². The Balaban J connectivity index is 2.32. The zero-order chi connectivity index (χ0) is 12.0. The fraction of sp³-hybridized carbons (Fsp3) is 0.909. The molecule has 0 spiro atoms. The number of ether oxygens (including phenoxy) is 1. The van der Waals surface area contributed by atoms with Gasteiger partial charge in [0, 0.05) is 26.2 Å².